The summed E-state index contributed by atoms with van der Waals surface area (Å²) in [5, 5.41) is 9.00. The molecule has 120 valence electrons. The van der Waals surface area contributed by atoms with E-state index in [2.05, 4.69) is 0 Å². The number of hydrogen-bond acceptors (Lipinski definition) is 2. The van der Waals surface area contributed by atoms with Crippen LogP contribution in [0.15, 0.2) is 30.3 Å². The number of carbonyl (C=O) groups is 2. The lowest BCUT2D eigenvalue weighted by Crippen LogP contribution is -2.48. The Hall–Kier alpha value is -2.05. The highest BCUT2D eigenvalue weighted by Gasteiger charge is 2.64. The van der Waals surface area contributed by atoms with Gasteiger partial charge in [0.1, 0.15) is 0 Å². The molecule has 0 aliphatic carbocycles. The zero-order valence-corrected chi connectivity index (χ0v) is 11.9. The van der Waals surface area contributed by atoms with E-state index >= 15 is 0 Å². The van der Waals surface area contributed by atoms with Crippen LogP contribution in [0.2, 0.25) is 0 Å². The van der Waals surface area contributed by atoms with Crippen molar-refractivity contribution in [2.45, 2.75) is 25.4 Å². The lowest BCUT2D eigenvalue weighted by atomic mass is 9.86. The van der Waals surface area contributed by atoms with Gasteiger partial charge in [0.05, 0.1) is 5.92 Å². The first-order valence-corrected chi connectivity index (χ1v) is 6.83. The molecule has 1 aromatic rings. The fourth-order valence-corrected chi connectivity index (χ4v) is 2.68. The molecule has 1 aliphatic rings. The Labute approximate surface area is 125 Å². The highest BCUT2D eigenvalue weighted by Crippen LogP contribution is 2.46. The summed E-state index contributed by atoms with van der Waals surface area (Å²) < 4.78 is 39.3. The van der Waals surface area contributed by atoms with Gasteiger partial charge in [-0.05, 0) is 18.9 Å². The van der Waals surface area contributed by atoms with E-state index in [-0.39, 0.29) is 6.54 Å². The molecule has 0 saturated carbocycles. The van der Waals surface area contributed by atoms with Gasteiger partial charge in [-0.1, -0.05) is 30.3 Å². The average molecular weight is 315 g/mol. The fraction of sp³-hybridized carbons (Fsp3) is 0.467. The van der Waals surface area contributed by atoms with Crippen molar-refractivity contribution in [2.24, 2.45) is 5.41 Å². The maximum Gasteiger partial charge on any atom is 0.406 e. The Balaban J connectivity index is 2.19. The number of nitrogens with zero attached hydrogens (tertiary/aromatic N) is 1. The topological polar surface area (TPSA) is 57.6 Å². The van der Waals surface area contributed by atoms with Crippen LogP contribution >= 0.6 is 0 Å². The molecule has 7 heteroatoms. The van der Waals surface area contributed by atoms with E-state index in [0.29, 0.717) is 5.56 Å². The maximum absolute atomic E-state index is 13.1. The molecule has 0 aromatic heterocycles. The van der Waals surface area contributed by atoms with Crippen LogP contribution in [0.25, 0.3) is 0 Å². The first-order chi connectivity index (χ1) is 10.2. The summed E-state index contributed by atoms with van der Waals surface area (Å²) in [6.07, 6.45) is -5.50. The molecule has 1 fully saturated rings. The lowest BCUT2D eigenvalue weighted by molar-refractivity contribution is -0.227. The Morgan fingerprint density at radius 3 is 2.32 bits per heavy atom. The van der Waals surface area contributed by atoms with Gasteiger partial charge < -0.3 is 10.0 Å². The molecule has 1 aliphatic heterocycles. The summed E-state index contributed by atoms with van der Waals surface area (Å²) in [7, 11) is 0. The largest absolute Gasteiger partial charge is 0.481 e. The number of rotatable bonds is 3. The summed E-state index contributed by atoms with van der Waals surface area (Å²) in [5.41, 5.74) is -2.17. The number of carboxylic acids is 1. The molecule has 1 unspecified atom stereocenters. The molecule has 0 bridgehead atoms. The molecule has 1 amide bonds. The Bertz CT molecular complexity index is 573. The van der Waals surface area contributed by atoms with Crippen molar-refractivity contribution >= 4 is 11.9 Å². The smallest absolute Gasteiger partial charge is 0.406 e. The van der Waals surface area contributed by atoms with Gasteiger partial charge in [0.2, 0.25) is 5.91 Å². The highest BCUT2D eigenvalue weighted by molar-refractivity contribution is 5.85. The number of carbonyl (C=O) groups excluding carboxylic acids is 1. The van der Waals surface area contributed by atoms with Gasteiger partial charge in [-0.15, -0.1) is 0 Å². The molecular formula is C15H16F3NO3. The van der Waals surface area contributed by atoms with Crippen molar-refractivity contribution in [3.63, 3.8) is 0 Å². The third-order valence-corrected chi connectivity index (χ3v) is 4.20. The lowest BCUT2D eigenvalue weighted by Gasteiger charge is -2.28. The minimum Gasteiger partial charge on any atom is -0.481 e. The summed E-state index contributed by atoms with van der Waals surface area (Å²) in [6.45, 7) is 0.565. The van der Waals surface area contributed by atoms with Crippen LogP contribution in [-0.4, -0.2) is 41.1 Å². The third-order valence-electron chi connectivity index (χ3n) is 4.20. The fourth-order valence-electron chi connectivity index (χ4n) is 2.68. The highest BCUT2D eigenvalue weighted by atomic mass is 19.4. The van der Waals surface area contributed by atoms with Crippen molar-refractivity contribution in [1.29, 1.82) is 0 Å². The molecule has 1 saturated heterocycles. The van der Waals surface area contributed by atoms with Crippen LogP contribution in [0.3, 0.4) is 0 Å². The molecule has 0 radical (unpaired) electrons. The number of hydrogen-bond donors (Lipinski definition) is 1. The molecule has 22 heavy (non-hydrogen) atoms. The standard InChI is InChI=1S/C15H16F3NO3/c1-10(11-5-3-2-4-6-11)12(20)19-8-7-14(9-19,13(21)22)15(16,17)18/h2-6,10H,7-9H2,1H3,(H,21,22)/t10-,14?/m0/s1. The van der Waals surface area contributed by atoms with E-state index in [1.54, 1.807) is 37.3 Å². The SMILES string of the molecule is C[C@H](C(=O)N1CCC(C(=O)O)(C(F)(F)F)C1)c1ccccc1. The predicted octanol–water partition coefficient (Wildman–Crippen LogP) is 2.66. The van der Waals surface area contributed by atoms with Gasteiger partial charge in [-0.2, -0.15) is 13.2 Å². The monoisotopic (exact) mass is 315 g/mol. The van der Waals surface area contributed by atoms with Gasteiger partial charge in [0.15, 0.2) is 5.41 Å². The summed E-state index contributed by atoms with van der Waals surface area (Å²) in [6, 6.07) is 8.68. The minimum absolute atomic E-state index is 0.207. The van der Waals surface area contributed by atoms with Crippen LogP contribution in [0.5, 0.6) is 0 Å². The molecule has 0 spiro atoms. The first kappa shape index (κ1) is 16.3. The van der Waals surface area contributed by atoms with E-state index in [9.17, 15) is 22.8 Å². The van der Waals surface area contributed by atoms with Crippen molar-refractivity contribution < 1.29 is 27.9 Å². The number of alkyl halides is 3. The molecule has 4 nitrogen and oxygen atoms in total. The van der Waals surface area contributed by atoms with Crippen molar-refractivity contribution in [3.05, 3.63) is 35.9 Å². The van der Waals surface area contributed by atoms with Gasteiger partial charge in [-0.3, -0.25) is 9.59 Å². The number of benzene rings is 1. The minimum atomic E-state index is -4.89. The van der Waals surface area contributed by atoms with Gasteiger partial charge >= 0.3 is 12.1 Å². The zero-order chi connectivity index (χ0) is 16.5. The van der Waals surface area contributed by atoms with E-state index in [1.807, 2.05) is 0 Å². The first-order valence-electron chi connectivity index (χ1n) is 6.83. The van der Waals surface area contributed by atoms with Crippen molar-refractivity contribution in [3.8, 4) is 0 Å². The van der Waals surface area contributed by atoms with Crippen molar-refractivity contribution in [1.82, 2.24) is 4.90 Å². The van der Waals surface area contributed by atoms with E-state index in [0.717, 1.165) is 4.90 Å². The average Bonchev–Trinajstić information content (AvgIpc) is 2.93. The van der Waals surface area contributed by atoms with Crippen LogP contribution in [0, 0.1) is 5.41 Å². The zero-order valence-electron chi connectivity index (χ0n) is 11.9. The van der Waals surface area contributed by atoms with E-state index in [1.165, 1.54) is 0 Å². The number of likely N-dealkylation sites (tertiary alicyclic amines) is 1. The number of carboxylic acid groups (broad SMARTS) is 1. The number of aliphatic carboxylic acids is 1. The summed E-state index contributed by atoms with van der Waals surface area (Å²) in [4.78, 5) is 24.5. The van der Waals surface area contributed by atoms with Gasteiger partial charge in [0, 0.05) is 13.1 Å². The quantitative estimate of drug-likeness (QED) is 0.933. The molecule has 2 atom stereocenters. The number of halogens is 3. The van der Waals surface area contributed by atoms with Crippen LogP contribution < -0.4 is 0 Å². The Morgan fingerprint density at radius 1 is 1.27 bits per heavy atom. The normalized spacial score (nSPS) is 23.4. The number of amides is 1. The molecule has 1 aromatic carbocycles. The molecular weight excluding hydrogens is 299 g/mol. The van der Waals surface area contributed by atoms with Crippen LogP contribution in [0.4, 0.5) is 13.2 Å². The predicted molar refractivity (Wildman–Crippen MR) is 72.2 cm³/mol. The molecule has 1 N–H and O–H groups in total. The second-order valence-corrected chi connectivity index (χ2v) is 5.53. The summed E-state index contributed by atoms with van der Waals surface area (Å²) >= 11 is 0. The van der Waals surface area contributed by atoms with Crippen molar-refractivity contribution in [2.75, 3.05) is 13.1 Å². The van der Waals surface area contributed by atoms with Gasteiger partial charge in [-0.25, -0.2) is 0 Å². The van der Waals surface area contributed by atoms with Crippen LogP contribution in [0.1, 0.15) is 24.8 Å². The Morgan fingerprint density at radius 2 is 1.86 bits per heavy atom. The molecule has 1 heterocycles. The molecule has 2 rings (SSSR count). The van der Waals surface area contributed by atoms with Gasteiger partial charge in [0.25, 0.3) is 0 Å². The Kier molecular flexibility index (Phi) is 4.17. The van der Waals surface area contributed by atoms with E-state index in [4.69, 9.17) is 5.11 Å². The third kappa shape index (κ3) is 2.67. The van der Waals surface area contributed by atoms with E-state index < -0.39 is 42.4 Å². The maximum atomic E-state index is 13.1. The van der Waals surface area contributed by atoms with Crippen LogP contribution in [-0.2, 0) is 9.59 Å². The second-order valence-electron chi connectivity index (χ2n) is 5.53. The second kappa shape index (κ2) is 5.62. The summed E-state index contributed by atoms with van der Waals surface area (Å²) in [5.74, 6) is -3.03.